The molecule has 0 bridgehead atoms. The van der Waals surface area contributed by atoms with Crippen molar-refractivity contribution in [3.63, 3.8) is 0 Å². The first-order valence-electron chi connectivity index (χ1n) is 22.2. The summed E-state index contributed by atoms with van der Waals surface area (Å²) in [6.07, 6.45) is 16.1. The van der Waals surface area contributed by atoms with E-state index in [0.717, 1.165) is 6.66 Å². The van der Waals surface area contributed by atoms with Gasteiger partial charge in [-0.25, -0.2) is 15.0 Å². The van der Waals surface area contributed by atoms with Gasteiger partial charge in [-0.2, -0.15) is 4.52 Å². The molecule has 350 valence electrons. The van der Waals surface area contributed by atoms with Crippen molar-refractivity contribution in [3.8, 4) is 0 Å². The number of nitrogen functional groups attached to an aromatic ring is 1. The molecule has 3 aliphatic rings. The fourth-order valence-electron chi connectivity index (χ4n) is 8.51. The minimum Gasteiger partial charge on any atom is -1.00 e. The summed E-state index contributed by atoms with van der Waals surface area (Å²) in [4.78, 5) is 36.1. The van der Waals surface area contributed by atoms with E-state index in [-0.39, 0.29) is 20.8 Å². The molecule has 2 aromatic heterocycles. The smallest absolute Gasteiger partial charge is 0.418 e. The standard InChI is InChI=1S/C25H56N2.C14H20N5O11P3.B/c1-7-13-19-26(20-14-8-2,21-15-9-3)25-27(22-16-10-4,23-17-11-5)24-18-12-6;1-24-14-27-9-7(3-25-31(2)29-32(20,21)6-33(22,23)30-31)26-13(10(9)28-14)19-5-18-8-11(15)16-4-17-12(8)19;/h7-25H2,1-6H3;4-5,7,9-10,13-14H,3,6H2,1-2H3,(H3-,15,16,17,20,21,22,23);/q+2;;-1/p-1/t;7-,9-,10-,13-,14?;/m.1./s1. The SMILES string of the molecule is CCCC[N+](CCCC)(CCCC)C[N+](CCCC)(CCCC)CCCC.COC1O[C@@H]2[C@H](O1)[C@@H](CO[P+]1(C)OP(=O)([O-])CP(=O)([O-])O1)O[C@H]2n1cnc2c(N)ncnc21.[B-]. The summed E-state index contributed by atoms with van der Waals surface area (Å²) in [6, 6.07) is 0. The molecular weight excluding hydrogens is 846 g/mol. The highest BCUT2D eigenvalue weighted by atomic mass is 31.3. The zero-order valence-electron chi connectivity index (χ0n) is 38.1. The third kappa shape index (κ3) is 15.2. The van der Waals surface area contributed by atoms with Gasteiger partial charge in [0.15, 0.2) is 32.9 Å². The molecule has 2 N–H and O–H groups in total. The van der Waals surface area contributed by atoms with Gasteiger partial charge in [0.25, 0.3) is 6.48 Å². The number of fused-ring (bicyclic) bond motifs is 2. The minimum absolute atomic E-state index is 0. The summed E-state index contributed by atoms with van der Waals surface area (Å²) in [5.41, 5.74) is 6.60. The molecule has 22 heteroatoms. The number of nitrogens with two attached hydrogens (primary N) is 1. The highest BCUT2D eigenvalue weighted by molar-refractivity contribution is 7.83. The van der Waals surface area contributed by atoms with Gasteiger partial charge in [0, 0.05) is 7.11 Å². The van der Waals surface area contributed by atoms with Crippen LogP contribution in [0.15, 0.2) is 12.7 Å². The number of quaternary nitrogens is 2. The first-order chi connectivity index (χ1) is 28.6. The Morgan fingerprint density at radius 3 is 1.67 bits per heavy atom. The summed E-state index contributed by atoms with van der Waals surface area (Å²) in [5, 5.41) is 0. The Bertz CT molecular complexity index is 1600. The van der Waals surface area contributed by atoms with E-state index in [1.165, 1.54) is 152 Å². The Kier molecular flexibility index (Phi) is 22.2. The normalized spacial score (nSPS) is 29.0. The summed E-state index contributed by atoms with van der Waals surface area (Å²) in [5.74, 6) is -1.06. The van der Waals surface area contributed by atoms with Crippen molar-refractivity contribution in [1.29, 1.82) is 0 Å². The van der Waals surface area contributed by atoms with Crippen LogP contribution in [0.2, 0.25) is 0 Å². The van der Waals surface area contributed by atoms with Crippen molar-refractivity contribution >= 4 is 48.5 Å². The molecule has 4 radical (unpaired) electrons. The van der Waals surface area contributed by atoms with Gasteiger partial charge in [-0.15, -0.1) is 8.62 Å². The monoisotopic (exact) mass is 921 g/mol. The fraction of sp³-hybridized carbons (Fsp3) is 0.872. The molecule has 0 amide bonds. The summed E-state index contributed by atoms with van der Waals surface area (Å²) < 4.78 is 66.1. The molecule has 3 fully saturated rings. The Labute approximate surface area is 367 Å². The van der Waals surface area contributed by atoms with E-state index in [4.69, 9.17) is 37.8 Å². The molecule has 5 heterocycles. The summed E-state index contributed by atoms with van der Waals surface area (Å²) >= 11 is 0. The van der Waals surface area contributed by atoms with Crippen LogP contribution in [0.25, 0.3) is 11.2 Å². The molecule has 0 saturated carbocycles. The van der Waals surface area contributed by atoms with Crippen LogP contribution in [0.1, 0.15) is 125 Å². The van der Waals surface area contributed by atoms with Crippen LogP contribution in [-0.2, 0) is 41.2 Å². The number of anilines is 1. The van der Waals surface area contributed by atoms with E-state index in [1.54, 1.807) is 4.57 Å². The van der Waals surface area contributed by atoms with E-state index >= 15 is 0 Å². The quantitative estimate of drug-likeness (QED) is 0.0485. The molecule has 0 aliphatic carbocycles. The number of nitrogens with zero attached hydrogens (tertiary/aromatic N) is 6. The number of aromatic nitrogens is 4. The lowest BCUT2D eigenvalue weighted by Crippen LogP contribution is -2.64. The molecule has 2 aromatic rings. The number of hydrogen-bond acceptors (Lipinski definition) is 15. The van der Waals surface area contributed by atoms with E-state index in [1.807, 2.05) is 0 Å². The average Bonchev–Trinajstić information content (AvgIpc) is 3.92. The average molecular weight is 922 g/mol. The van der Waals surface area contributed by atoms with Crippen LogP contribution in [0.4, 0.5) is 5.82 Å². The Morgan fingerprint density at radius 1 is 0.770 bits per heavy atom. The van der Waals surface area contributed by atoms with Crippen molar-refractivity contribution in [1.82, 2.24) is 19.5 Å². The Morgan fingerprint density at radius 2 is 1.23 bits per heavy atom. The first-order valence-corrected chi connectivity index (χ1v) is 27.7. The van der Waals surface area contributed by atoms with Crippen LogP contribution in [-0.4, -0.2) is 134 Å². The lowest BCUT2D eigenvalue weighted by atomic mass is 10.1. The number of methoxy groups -OCH3 is 1. The van der Waals surface area contributed by atoms with E-state index in [0.29, 0.717) is 11.2 Å². The van der Waals surface area contributed by atoms with Crippen LogP contribution < -0.4 is 15.5 Å². The number of hydrogen-bond donors (Lipinski definition) is 1. The molecule has 3 unspecified atom stereocenters. The van der Waals surface area contributed by atoms with Crippen LogP contribution in [0.3, 0.4) is 0 Å². The van der Waals surface area contributed by atoms with Gasteiger partial charge >= 0.3 is 7.94 Å². The molecule has 0 spiro atoms. The second kappa shape index (κ2) is 25.0. The maximum absolute atomic E-state index is 11.9. The van der Waals surface area contributed by atoms with E-state index in [9.17, 15) is 18.9 Å². The van der Waals surface area contributed by atoms with Crippen LogP contribution >= 0.6 is 23.1 Å². The third-order valence-corrected chi connectivity index (χ3v) is 19.3. The third-order valence-electron chi connectivity index (χ3n) is 11.6. The molecule has 61 heavy (non-hydrogen) atoms. The van der Waals surface area contributed by atoms with Crippen molar-refractivity contribution in [2.45, 2.75) is 150 Å². The van der Waals surface area contributed by atoms with Crippen LogP contribution in [0, 0.1) is 0 Å². The van der Waals surface area contributed by atoms with Gasteiger partial charge in [-0.1, -0.05) is 80.1 Å². The van der Waals surface area contributed by atoms with Crippen LogP contribution in [0.5, 0.6) is 0 Å². The van der Waals surface area contributed by atoms with E-state index in [2.05, 4.69) is 56.5 Å². The van der Waals surface area contributed by atoms with Gasteiger partial charge < -0.3 is 52.0 Å². The molecule has 7 atom stereocenters. The van der Waals surface area contributed by atoms with Gasteiger partial charge in [-0.05, 0) is 38.5 Å². The first kappa shape index (κ1) is 54.2. The molecule has 5 rings (SSSR count). The number of ether oxygens (including phenoxy) is 4. The molecule has 3 aliphatic heterocycles. The zero-order valence-corrected chi connectivity index (χ0v) is 40.7. The highest BCUT2D eigenvalue weighted by Crippen LogP contribution is 2.80. The van der Waals surface area contributed by atoms with E-state index < -0.39 is 60.1 Å². The number of rotatable bonds is 25. The van der Waals surface area contributed by atoms with Gasteiger partial charge in [0.2, 0.25) is 6.67 Å². The Hall–Kier alpha value is -1.14. The fourth-order valence-corrected chi connectivity index (χ4v) is 16.3. The lowest BCUT2D eigenvalue weighted by molar-refractivity contribution is -1.10. The maximum atomic E-state index is 11.9. The lowest BCUT2D eigenvalue weighted by Gasteiger charge is -2.48. The summed E-state index contributed by atoms with van der Waals surface area (Å²) in [7, 11) is -11.8. The second-order valence-electron chi connectivity index (χ2n) is 16.8. The number of unbranched alkanes of at least 4 members (excludes halogenated alkanes) is 6. The Balaban J connectivity index is 0.000000329. The predicted molar refractivity (Wildman–Crippen MR) is 235 cm³/mol. The van der Waals surface area contributed by atoms with Crippen molar-refractivity contribution in [2.24, 2.45) is 0 Å². The number of imidazole rings is 1. The summed E-state index contributed by atoms with van der Waals surface area (Å²) in [6.45, 7) is 24.0. The topological polar surface area (TPSA) is 214 Å². The van der Waals surface area contributed by atoms with Crippen molar-refractivity contribution < 1.29 is 60.0 Å². The highest BCUT2D eigenvalue weighted by Gasteiger charge is 2.58. The molecule has 3 saturated heterocycles. The van der Waals surface area contributed by atoms with Gasteiger partial charge in [0.05, 0.1) is 51.5 Å². The maximum Gasteiger partial charge on any atom is 0.418 e. The van der Waals surface area contributed by atoms with Gasteiger partial charge in [0.1, 0.15) is 43.4 Å². The minimum atomic E-state index is -4.69. The predicted octanol–water partition coefficient (Wildman–Crippen LogP) is 6.54. The molecule has 0 aromatic carbocycles. The van der Waals surface area contributed by atoms with Crippen molar-refractivity contribution in [3.05, 3.63) is 12.7 Å². The molecule has 18 nitrogen and oxygen atoms in total. The zero-order chi connectivity index (χ0) is 44.0. The largest absolute Gasteiger partial charge is 1.00 e. The molecular formula is C39H75BN7O11P3. The second-order valence-corrected chi connectivity index (χ2v) is 23.4. The van der Waals surface area contributed by atoms with Gasteiger partial charge in [-0.3, -0.25) is 13.5 Å². The van der Waals surface area contributed by atoms with Crippen molar-refractivity contribution in [2.75, 3.05) is 78.0 Å².